The van der Waals surface area contributed by atoms with E-state index in [4.69, 9.17) is 5.73 Å². The third kappa shape index (κ3) is 1.78. The van der Waals surface area contributed by atoms with Crippen molar-refractivity contribution < 1.29 is 4.79 Å². The fourth-order valence-corrected chi connectivity index (χ4v) is 2.24. The molecule has 1 aliphatic carbocycles. The molecular formula is C11H20N2O. The topological polar surface area (TPSA) is 46.3 Å². The number of amides is 1. The maximum atomic E-state index is 11.6. The summed E-state index contributed by atoms with van der Waals surface area (Å²) in [6.07, 6.45) is 3.20. The maximum Gasteiger partial charge on any atom is 0.222 e. The van der Waals surface area contributed by atoms with Crippen LogP contribution in [0.2, 0.25) is 0 Å². The number of nitrogens with zero attached hydrogens (tertiary/aromatic N) is 1. The van der Waals surface area contributed by atoms with Gasteiger partial charge >= 0.3 is 0 Å². The minimum Gasteiger partial charge on any atom is -0.339 e. The highest BCUT2D eigenvalue weighted by Crippen LogP contribution is 2.43. The van der Waals surface area contributed by atoms with E-state index in [0.29, 0.717) is 18.3 Å². The largest absolute Gasteiger partial charge is 0.339 e. The normalized spacial score (nSPS) is 25.0. The zero-order chi connectivity index (χ0) is 10.3. The van der Waals surface area contributed by atoms with E-state index in [1.165, 1.54) is 12.8 Å². The number of likely N-dealkylation sites (tertiary alicyclic amines) is 1. The fourth-order valence-electron chi connectivity index (χ4n) is 2.24. The lowest BCUT2D eigenvalue weighted by Gasteiger charge is -2.48. The molecule has 1 saturated heterocycles. The summed E-state index contributed by atoms with van der Waals surface area (Å²) < 4.78 is 0. The van der Waals surface area contributed by atoms with Gasteiger partial charge in [0, 0.05) is 19.5 Å². The van der Waals surface area contributed by atoms with Gasteiger partial charge in [-0.2, -0.15) is 0 Å². The lowest BCUT2D eigenvalue weighted by Crippen LogP contribution is -2.69. The molecule has 2 rings (SSSR count). The van der Waals surface area contributed by atoms with E-state index in [-0.39, 0.29) is 11.4 Å². The third-order valence-corrected chi connectivity index (χ3v) is 3.30. The Kier molecular flexibility index (Phi) is 2.30. The van der Waals surface area contributed by atoms with Crippen LogP contribution in [0, 0.1) is 11.8 Å². The van der Waals surface area contributed by atoms with Crippen LogP contribution in [0.25, 0.3) is 0 Å². The second-order valence-electron chi connectivity index (χ2n) is 5.36. The molecule has 1 heterocycles. The summed E-state index contributed by atoms with van der Waals surface area (Å²) in [5.41, 5.74) is 6.15. The van der Waals surface area contributed by atoms with E-state index < -0.39 is 0 Å². The molecule has 80 valence electrons. The van der Waals surface area contributed by atoms with Crippen molar-refractivity contribution in [3.05, 3.63) is 0 Å². The van der Waals surface area contributed by atoms with Gasteiger partial charge in [-0.15, -0.1) is 0 Å². The van der Waals surface area contributed by atoms with Gasteiger partial charge in [-0.1, -0.05) is 13.8 Å². The zero-order valence-electron chi connectivity index (χ0n) is 9.12. The number of nitrogens with two attached hydrogens (primary N) is 1. The van der Waals surface area contributed by atoms with Gasteiger partial charge in [-0.25, -0.2) is 0 Å². The number of rotatable bonds is 3. The Morgan fingerprint density at radius 2 is 2.07 bits per heavy atom. The van der Waals surface area contributed by atoms with Crippen molar-refractivity contribution in [1.29, 1.82) is 0 Å². The van der Waals surface area contributed by atoms with Crippen LogP contribution in [0.15, 0.2) is 0 Å². The second-order valence-corrected chi connectivity index (χ2v) is 5.36. The second kappa shape index (κ2) is 3.23. The molecule has 0 aromatic carbocycles. The Labute approximate surface area is 85.6 Å². The average molecular weight is 196 g/mol. The molecule has 1 aliphatic heterocycles. The van der Waals surface area contributed by atoms with Crippen LogP contribution in [0.4, 0.5) is 0 Å². The van der Waals surface area contributed by atoms with E-state index in [1.807, 2.05) is 4.90 Å². The highest BCUT2D eigenvalue weighted by atomic mass is 16.2. The SMILES string of the molecule is CC(C)CC(=O)N1CC(N)(C2CC2)C1. The molecule has 0 radical (unpaired) electrons. The first kappa shape index (κ1) is 9.97. The fraction of sp³-hybridized carbons (Fsp3) is 0.909. The molecule has 0 spiro atoms. The number of hydrogen-bond acceptors (Lipinski definition) is 2. The molecule has 0 unspecified atom stereocenters. The lowest BCUT2D eigenvalue weighted by molar-refractivity contribution is -0.140. The molecule has 2 N–H and O–H groups in total. The molecule has 0 atom stereocenters. The lowest BCUT2D eigenvalue weighted by atomic mass is 9.85. The van der Waals surface area contributed by atoms with Crippen molar-refractivity contribution in [3.8, 4) is 0 Å². The number of hydrogen-bond donors (Lipinski definition) is 1. The molecule has 3 heteroatoms. The molecule has 1 amide bonds. The van der Waals surface area contributed by atoms with Gasteiger partial charge in [-0.3, -0.25) is 4.79 Å². The molecule has 1 saturated carbocycles. The van der Waals surface area contributed by atoms with Crippen molar-refractivity contribution in [2.45, 2.75) is 38.6 Å². The van der Waals surface area contributed by atoms with Gasteiger partial charge in [0.05, 0.1) is 5.54 Å². The van der Waals surface area contributed by atoms with Crippen molar-refractivity contribution in [1.82, 2.24) is 4.90 Å². The monoisotopic (exact) mass is 196 g/mol. The molecule has 2 fully saturated rings. The van der Waals surface area contributed by atoms with Crippen molar-refractivity contribution >= 4 is 5.91 Å². The summed E-state index contributed by atoms with van der Waals surface area (Å²) in [5, 5.41) is 0. The predicted octanol–water partition coefficient (Wildman–Crippen LogP) is 0.982. The molecule has 2 aliphatic rings. The van der Waals surface area contributed by atoms with E-state index in [0.717, 1.165) is 13.1 Å². The average Bonchev–Trinajstić information content (AvgIpc) is 2.78. The minimum absolute atomic E-state index is 0.0212. The molecule has 0 bridgehead atoms. The highest BCUT2D eigenvalue weighted by Gasteiger charge is 2.51. The molecule has 3 nitrogen and oxygen atoms in total. The van der Waals surface area contributed by atoms with Crippen LogP contribution < -0.4 is 5.73 Å². The summed E-state index contributed by atoms with van der Waals surface area (Å²) in [6.45, 7) is 5.75. The van der Waals surface area contributed by atoms with Crippen LogP contribution in [-0.2, 0) is 4.79 Å². The van der Waals surface area contributed by atoms with Gasteiger partial charge in [-0.05, 0) is 24.7 Å². The molecular weight excluding hydrogens is 176 g/mol. The van der Waals surface area contributed by atoms with Gasteiger partial charge in [0.2, 0.25) is 5.91 Å². The smallest absolute Gasteiger partial charge is 0.222 e. The molecule has 14 heavy (non-hydrogen) atoms. The Balaban J connectivity index is 1.78. The summed E-state index contributed by atoms with van der Waals surface area (Å²) in [5.74, 6) is 1.43. The van der Waals surface area contributed by atoms with E-state index in [9.17, 15) is 4.79 Å². The van der Waals surface area contributed by atoms with Crippen LogP contribution in [0.1, 0.15) is 33.1 Å². The van der Waals surface area contributed by atoms with Crippen LogP contribution in [0.3, 0.4) is 0 Å². The van der Waals surface area contributed by atoms with Gasteiger partial charge in [0.15, 0.2) is 0 Å². The minimum atomic E-state index is -0.0212. The Morgan fingerprint density at radius 3 is 2.50 bits per heavy atom. The first-order valence-corrected chi connectivity index (χ1v) is 5.58. The van der Waals surface area contributed by atoms with Crippen LogP contribution >= 0.6 is 0 Å². The van der Waals surface area contributed by atoms with E-state index in [1.54, 1.807) is 0 Å². The van der Waals surface area contributed by atoms with E-state index >= 15 is 0 Å². The first-order chi connectivity index (χ1) is 6.51. The number of carbonyl (C=O) groups excluding carboxylic acids is 1. The predicted molar refractivity (Wildman–Crippen MR) is 55.7 cm³/mol. The van der Waals surface area contributed by atoms with Crippen molar-refractivity contribution in [2.24, 2.45) is 17.6 Å². The van der Waals surface area contributed by atoms with Gasteiger partial charge in [0.1, 0.15) is 0 Å². The summed E-state index contributed by atoms with van der Waals surface area (Å²) in [7, 11) is 0. The standard InChI is InChI=1S/C11H20N2O/c1-8(2)5-10(14)13-6-11(12,7-13)9-3-4-9/h8-9H,3-7,12H2,1-2H3. The van der Waals surface area contributed by atoms with Gasteiger partial charge < -0.3 is 10.6 Å². The van der Waals surface area contributed by atoms with Crippen LogP contribution in [0.5, 0.6) is 0 Å². The third-order valence-electron chi connectivity index (χ3n) is 3.30. The maximum absolute atomic E-state index is 11.6. The quantitative estimate of drug-likeness (QED) is 0.731. The zero-order valence-corrected chi connectivity index (χ0v) is 9.12. The Bertz CT molecular complexity index is 240. The highest BCUT2D eigenvalue weighted by molar-refractivity contribution is 5.77. The Hall–Kier alpha value is -0.570. The van der Waals surface area contributed by atoms with Gasteiger partial charge in [0.25, 0.3) is 0 Å². The number of carbonyl (C=O) groups is 1. The summed E-state index contributed by atoms with van der Waals surface area (Å²) >= 11 is 0. The van der Waals surface area contributed by atoms with Crippen molar-refractivity contribution in [2.75, 3.05) is 13.1 Å². The Morgan fingerprint density at radius 1 is 1.50 bits per heavy atom. The van der Waals surface area contributed by atoms with Crippen molar-refractivity contribution in [3.63, 3.8) is 0 Å². The first-order valence-electron chi connectivity index (χ1n) is 5.58. The van der Waals surface area contributed by atoms with Crippen LogP contribution in [-0.4, -0.2) is 29.4 Å². The van der Waals surface area contributed by atoms with E-state index in [2.05, 4.69) is 13.8 Å². The molecule has 0 aromatic heterocycles. The summed E-state index contributed by atoms with van der Waals surface area (Å²) in [4.78, 5) is 13.6. The summed E-state index contributed by atoms with van der Waals surface area (Å²) in [6, 6.07) is 0. The molecule has 0 aromatic rings.